The number of rotatable bonds is 6. The molecule has 1 aromatic carbocycles. The van der Waals surface area contributed by atoms with Crippen molar-refractivity contribution >= 4 is 16.0 Å². The second-order valence-corrected chi connectivity index (χ2v) is 6.49. The molecule has 1 aromatic rings. The Balaban J connectivity index is 3.13. The van der Waals surface area contributed by atoms with Crippen LogP contribution in [-0.2, 0) is 21.0 Å². The van der Waals surface area contributed by atoms with Crippen molar-refractivity contribution in [3.8, 4) is 0 Å². The zero-order valence-electron chi connectivity index (χ0n) is 11.9. The second-order valence-electron chi connectivity index (χ2n) is 4.78. The van der Waals surface area contributed by atoms with Gasteiger partial charge in [0.15, 0.2) is 0 Å². The molecule has 0 aromatic heterocycles. The summed E-state index contributed by atoms with van der Waals surface area (Å²) in [4.78, 5) is 10.6. The molecule has 22 heavy (non-hydrogen) atoms. The van der Waals surface area contributed by atoms with E-state index in [2.05, 4.69) is 0 Å². The molecule has 1 rings (SSSR count). The number of aryl methyl sites for hydroxylation is 1. The molecule has 0 bridgehead atoms. The highest BCUT2D eigenvalue weighted by atomic mass is 32.2. The molecular formula is C13H16F3NO4S. The maximum atomic E-state index is 12.7. The Bertz CT molecular complexity index is 656. The van der Waals surface area contributed by atoms with Crippen LogP contribution >= 0.6 is 0 Å². The Morgan fingerprint density at radius 1 is 1.36 bits per heavy atom. The van der Waals surface area contributed by atoms with Crippen LogP contribution in [0.5, 0.6) is 0 Å². The van der Waals surface area contributed by atoms with Crippen molar-refractivity contribution in [3.05, 3.63) is 29.3 Å². The first-order chi connectivity index (χ1) is 9.99. The summed E-state index contributed by atoms with van der Waals surface area (Å²) in [5.41, 5.74) is -1.19. The predicted molar refractivity (Wildman–Crippen MR) is 72.8 cm³/mol. The Morgan fingerprint density at radius 3 is 2.36 bits per heavy atom. The molecule has 0 aliphatic carbocycles. The number of hydrogen-bond acceptors (Lipinski definition) is 3. The lowest BCUT2D eigenvalue weighted by atomic mass is 10.1. The van der Waals surface area contributed by atoms with Crippen LogP contribution in [0.15, 0.2) is 23.1 Å². The van der Waals surface area contributed by atoms with Crippen LogP contribution in [-0.4, -0.2) is 25.5 Å². The van der Waals surface area contributed by atoms with Crippen molar-refractivity contribution < 1.29 is 31.5 Å². The summed E-state index contributed by atoms with van der Waals surface area (Å²) >= 11 is 0. The zero-order valence-corrected chi connectivity index (χ0v) is 12.8. The molecule has 0 radical (unpaired) electrons. The SMILES string of the molecule is CCCC(NS(=O)(=O)c1ccc(C(F)(F)F)c(C)c1)C(=O)O. The van der Waals surface area contributed by atoms with Gasteiger partial charge in [0.25, 0.3) is 0 Å². The van der Waals surface area contributed by atoms with E-state index in [9.17, 15) is 26.4 Å². The van der Waals surface area contributed by atoms with Crippen molar-refractivity contribution in [1.29, 1.82) is 0 Å². The van der Waals surface area contributed by atoms with Gasteiger partial charge in [-0.1, -0.05) is 13.3 Å². The van der Waals surface area contributed by atoms with Crippen LogP contribution < -0.4 is 4.72 Å². The van der Waals surface area contributed by atoms with Crippen LogP contribution in [0.25, 0.3) is 0 Å². The van der Waals surface area contributed by atoms with Crippen molar-refractivity contribution in [1.82, 2.24) is 4.72 Å². The van der Waals surface area contributed by atoms with Gasteiger partial charge < -0.3 is 5.11 Å². The monoisotopic (exact) mass is 339 g/mol. The summed E-state index contributed by atoms with van der Waals surface area (Å²) in [5.74, 6) is -1.34. The summed E-state index contributed by atoms with van der Waals surface area (Å²) in [6, 6.07) is 1.02. The first-order valence-electron chi connectivity index (χ1n) is 6.42. The molecule has 1 unspecified atom stereocenters. The van der Waals surface area contributed by atoms with E-state index in [1.54, 1.807) is 6.92 Å². The van der Waals surface area contributed by atoms with Gasteiger partial charge in [0.1, 0.15) is 6.04 Å². The average molecular weight is 339 g/mol. The minimum absolute atomic E-state index is 0.0776. The number of benzene rings is 1. The molecule has 0 amide bonds. The largest absolute Gasteiger partial charge is 0.480 e. The number of carbonyl (C=O) groups is 1. The summed E-state index contributed by atoms with van der Waals surface area (Å²) in [5, 5.41) is 8.94. The van der Waals surface area contributed by atoms with E-state index in [1.807, 2.05) is 4.72 Å². The van der Waals surface area contributed by atoms with Crippen molar-refractivity contribution in [3.63, 3.8) is 0 Å². The smallest absolute Gasteiger partial charge is 0.416 e. The van der Waals surface area contributed by atoms with Crippen molar-refractivity contribution in [2.75, 3.05) is 0 Å². The van der Waals surface area contributed by atoms with E-state index in [-0.39, 0.29) is 12.0 Å². The number of nitrogens with one attached hydrogen (secondary N) is 1. The molecule has 2 N–H and O–H groups in total. The first-order valence-corrected chi connectivity index (χ1v) is 7.90. The van der Waals surface area contributed by atoms with Gasteiger partial charge in [0, 0.05) is 0 Å². The van der Waals surface area contributed by atoms with Crippen LogP contribution in [0.2, 0.25) is 0 Å². The third-order valence-electron chi connectivity index (χ3n) is 2.99. The molecule has 124 valence electrons. The minimum Gasteiger partial charge on any atom is -0.480 e. The van der Waals surface area contributed by atoms with Gasteiger partial charge in [-0.25, -0.2) is 8.42 Å². The predicted octanol–water partition coefficient (Wildman–Crippen LogP) is 2.55. The number of alkyl halides is 3. The summed E-state index contributed by atoms with van der Waals surface area (Å²) in [7, 11) is -4.21. The lowest BCUT2D eigenvalue weighted by Gasteiger charge is -2.15. The average Bonchev–Trinajstić information content (AvgIpc) is 2.36. The standard InChI is InChI=1S/C13H16F3NO4S/c1-3-4-11(12(18)19)17-22(20,21)9-5-6-10(8(2)7-9)13(14,15)16/h5-7,11,17H,3-4H2,1-2H3,(H,18,19). The number of carboxylic acid groups (broad SMARTS) is 1. The molecule has 1 atom stereocenters. The van der Waals surface area contributed by atoms with Crippen molar-refractivity contribution in [2.45, 2.75) is 43.8 Å². The molecule has 0 saturated heterocycles. The van der Waals surface area contributed by atoms with Crippen LogP contribution in [0, 0.1) is 6.92 Å². The zero-order chi connectivity index (χ0) is 17.1. The second kappa shape index (κ2) is 6.66. The Hall–Kier alpha value is -1.61. The van der Waals surface area contributed by atoms with Crippen molar-refractivity contribution in [2.24, 2.45) is 0 Å². The molecule has 0 heterocycles. The van der Waals surface area contributed by atoms with Crippen LogP contribution in [0.3, 0.4) is 0 Å². The van der Waals surface area contributed by atoms with Gasteiger partial charge in [-0.15, -0.1) is 0 Å². The molecule has 9 heteroatoms. The topological polar surface area (TPSA) is 83.5 Å². The fraction of sp³-hybridized carbons (Fsp3) is 0.462. The fourth-order valence-corrected chi connectivity index (χ4v) is 3.21. The normalized spacial score (nSPS) is 13.9. The molecule has 0 aliphatic heterocycles. The molecular weight excluding hydrogens is 323 g/mol. The van der Waals surface area contributed by atoms with Gasteiger partial charge in [-0.05, 0) is 37.1 Å². The van der Waals surface area contributed by atoms with Crippen LogP contribution in [0.4, 0.5) is 13.2 Å². The summed E-state index contributed by atoms with van der Waals surface area (Å²) < 4.78 is 64.1. The van der Waals surface area contributed by atoms with Gasteiger partial charge in [-0.2, -0.15) is 17.9 Å². The highest BCUT2D eigenvalue weighted by molar-refractivity contribution is 7.89. The van der Waals surface area contributed by atoms with E-state index in [0.29, 0.717) is 12.5 Å². The third kappa shape index (κ3) is 4.44. The number of sulfonamides is 1. The molecule has 5 nitrogen and oxygen atoms in total. The number of carboxylic acids is 1. The lowest BCUT2D eigenvalue weighted by Crippen LogP contribution is -2.40. The lowest BCUT2D eigenvalue weighted by molar-refractivity contribution is -0.139. The maximum Gasteiger partial charge on any atom is 0.416 e. The Morgan fingerprint density at radius 2 is 1.95 bits per heavy atom. The van der Waals surface area contributed by atoms with Gasteiger partial charge in [-0.3, -0.25) is 4.79 Å². The third-order valence-corrected chi connectivity index (χ3v) is 4.46. The quantitative estimate of drug-likeness (QED) is 0.834. The van der Waals surface area contributed by atoms with E-state index >= 15 is 0 Å². The first kappa shape index (κ1) is 18.4. The maximum absolute atomic E-state index is 12.7. The summed E-state index contributed by atoms with van der Waals surface area (Å²) in [6.07, 6.45) is -4.06. The number of aliphatic carboxylic acids is 1. The van der Waals surface area contributed by atoms with E-state index in [4.69, 9.17) is 5.11 Å². The molecule has 0 saturated carbocycles. The van der Waals surface area contributed by atoms with Crippen LogP contribution in [0.1, 0.15) is 30.9 Å². The van der Waals surface area contributed by atoms with E-state index < -0.39 is 38.7 Å². The minimum atomic E-state index is -4.58. The molecule has 0 aliphatic rings. The summed E-state index contributed by atoms with van der Waals surface area (Å²) in [6.45, 7) is 2.83. The molecule has 0 spiro atoms. The Labute approximate surface area is 126 Å². The number of halogens is 3. The van der Waals surface area contributed by atoms with Gasteiger partial charge in [0.2, 0.25) is 10.0 Å². The molecule has 0 fully saturated rings. The highest BCUT2D eigenvalue weighted by Gasteiger charge is 2.33. The van der Waals surface area contributed by atoms with Gasteiger partial charge >= 0.3 is 12.1 Å². The van der Waals surface area contributed by atoms with Gasteiger partial charge in [0.05, 0.1) is 10.5 Å². The fourth-order valence-electron chi connectivity index (χ4n) is 1.90. The highest BCUT2D eigenvalue weighted by Crippen LogP contribution is 2.32. The van der Waals surface area contributed by atoms with E-state index in [0.717, 1.165) is 19.1 Å². The Kier molecular flexibility index (Phi) is 5.58. The van der Waals surface area contributed by atoms with E-state index in [1.165, 1.54) is 0 Å². The number of hydrogen-bond donors (Lipinski definition) is 2.